The molecule has 5 rings (SSSR count). The van der Waals surface area contributed by atoms with Crippen LogP contribution in [0.1, 0.15) is 27.0 Å². The molecule has 2 unspecified atom stereocenters. The first-order valence-corrected chi connectivity index (χ1v) is 13.9. The number of nitrogens with zero attached hydrogens (tertiary/aromatic N) is 2. The number of nitrogens with one attached hydrogen (secondary N) is 2. The Labute approximate surface area is 239 Å². The van der Waals surface area contributed by atoms with Crippen LogP contribution in [0.5, 0.6) is 0 Å². The first-order valence-electron chi connectivity index (χ1n) is 13.5. The van der Waals surface area contributed by atoms with Gasteiger partial charge in [0.05, 0.1) is 24.4 Å². The lowest BCUT2D eigenvalue weighted by Gasteiger charge is -2.38. The van der Waals surface area contributed by atoms with E-state index in [4.69, 9.17) is 16.3 Å². The second kappa shape index (κ2) is 12.5. The first-order chi connectivity index (χ1) is 19.4. The van der Waals surface area contributed by atoms with Crippen molar-refractivity contribution in [3.05, 3.63) is 100 Å². The van der Waals surface area contributed by atoms with Crippen LogP contribution in [0.3, 0.4) is 0 Å². The second-order valence-electron chi connectivity index (χ2n) is 10.1. The molecule has 0 aromatic heterocycles. The molecule has 0 saturated carbocycles. The SMILES string of the molecule is COC(=O)c1ccccc1N1CCN(C(=O)C(Cc2ccc(Cl)cc2)NC(=O)C2Cc3ccccc3CN2)CC1. The van der Waals surface area contributed by atoms with Crippen molar-refractivity contribution in [2.45, 2.75) is 31.5 Å². The molecule has 2 heterocycles. The number of anilines is 1. The number of methoxy groups -OCH3 is 1. The average Bonchev–Trinajstić information content (AvgIpc) is 3.00. The highest BCUT2D eigenvalue weighted by molar-refractivity contribution is 6.30. The molecule has 3 aromatic rings. The van der Waals surface area contributed by atoms with Gasteiger partial charge in [0.25, 0.3) is 0 Å². The molecule has 0 spiro atoms. The Kier molecular flexibility index (Phi) is 8.67. The van der Waals surface area contributed by atoms with Gasteiger partial charge in [-0.05, 0) is 47.4 Å². The molecule has 2 aliphatic heterocycles. The Bertz CT molecular complexity index is 1370. The van der Waals surface area contributed by atoms with E-state index in [1.807, 2.05) is 42.5 Å². The summed E-state index contributed by atoms with van der Waals surface area (Å²) in [5, 5.41) is 6.98. The maximum absolute atomic E-state index is 13.8. The van der Waals surface area contributed by atoms with Crippen LogP contribution in [0.4, 0.5) is 5.69 Å². The average molecular weight is 561 g/mol. The molecule has 0 radical (unpaired) electrons. The summed E-state index contributed by atoms with van der Waals surface area (Å²) in [6, 6.07) is 21.6. The number of rotatable bonds is 7. The molecule has 3 aromatic carbocycles. The smallest absolute Gasteiger partial charge is 0.339 e. The van der Waals surface area contributed by atoms with E-state index in [-0.39, 0.29) is 11.8 Å². The van der Waals surface area contributed by atoms with Crippen LogP contribution in [-0.2, 0) is 33.7 Å². The highest BCUT2D eigenvalue weighted by Crippen LogP contribution is 2.23. The highest BCUT2D eigenvalue weighted by atomic mass is 35.5. The van der Waals surface area contributed by atoms with Crippen molar-refractivity contribution in [2.24, 2.45) is 0 Å². The number of esters is 1. The zero-order valence-corrected chi connectivity index (χ0v) is 23.2. The van der Waals surface area contributed by atoms with E-state index in [0.29, 0.717) is 56.2 Å². The van der Waals surface area contributed by atoms with Crippen LogP contribution in [0.25, 0.3) is 0 Å². The van der Waals surface area contributed by atoms with Crippen molar-refractivity contribution >= 4 is 35.1 Å². The number of carbonyl (C=O) groups is 3. The van der Waals surface area contributed by atoms with Crippen molar-refractivity contribution < 1.29 is 19.1 Å². The summed E-state index contributed by atoms with van der Waals surface area (Å²) in [5.74, 6) is -0.702. The van der Waals surface area contributed by atoms with Crippen LogP contribution < -0.4 is 15.5 Å². The highest BCUT2D eigenvalue weighted by Gasteiger charge is 2.32. The summed E-state index contributed by atoms with van der Waals surface area (Å²) >= 11 is 6.08. The van der Waals surface area contributed by atoms with Crippen molar-refractivity contribution in [3.63, 3.8) is 0 Å². The van der Waals surface area contributed by atoms with Gasteiger partial charge in [-0.25, -0.2) is 4.79 Å². The lowest BCUT2D eigenvalue weighted by Crippen LogP contribution is -2.58. The lowest BCUT2D eigenvalue weighted by atomic mass is 9.95. The second-order valence-corrected chi connectivity index (χ2v) is 10.6. The van der Waals surface area contributed by atoms with Crippen LogP contribution in [-0.4, -0.2) is 68.1 Å². The van der Waals surface area contributed by atoms with Gasteiger partial charge in [-0.1, -0.05) is 60.1 Å². The number of halogens is 1. The normalized spacial score (nSPS) is 17.5. The summed E-state index contributed by atoms with van der Waals surface area (Å²) in [6.45, 7) is 2.66. The first kappa shape index (κ1) is 27.7. The van der Waals surface area contributed by atoms with Crippen molar-refractivity contribution in [3.8, 4) is 0 Å². The zero-order valence-electron chi connectivity index (χ0n) is 22.4. The lowest BCUT2D eigenvalue weighted by molar-refractivity contribution is -0.137. The number of carbonyl (C=O) groups excluding carboxylic acids is 3. The van der Waals surface area contributed by atoms with Gasteiger partial charge in [-0.15, -0.1) is 0 Å². The molecule has 208 valence electrons. The van der Waals surface area contributed by atoms with Crippen LogP contribution in [0.15, 0.2) is 72.8 Å². The van der Waals surface area contributed by atoms with Crippen LogP contribution in [0, 0.1) is 0 Å². The summed E-state index contributed by atoms with van der Waals surface area (Å²) in [5.41, 5.74) is 4.53. The minimum atomic E-state index is -0.721. The number of fused-ring (bicyclic) bond motifs is 1. The minimum Gasteiger partial charge on any atom is -0.465 e. The van der Waals surface area contributed by atoms with Gasteiger partial charge in [0.2, 0.25) is 11.8 Å². The van der Waals surface area contributed by atoms with Gasteiger partial charge in [-0.3, -0.25) is 9.59 Å². The molecule has 2 atom stereocenters. The van der Waals surface area contributed by atoms with Gasteiger partial charge >= 0.3 is 5.97 Å². The summed E-state index contributed by atoms with van der Waals surface area (Å²) in [7, 11) is 1.37. The van der Waals surface area contributed by atoms with E-state index in [9.17, 15) is 14.4 Å². The summed E-state index contributed by atoms with van der Waals surface area (Å²) in [4.78, 5) is 43.4. The largest absolute Gasteiger partial charge is 0.465 e. The topological polar surface area (TPSA) is 91.0 Å². The van der Waals surface area contributed by atoms with Gasteiger partial charge in [-0.2, -0.15) is 0 Å². The van der Waals surface area contributed by atoms with E-state index >= 15 is 0 Å². The molecular formula is C31H33ClN4O4. The Morgan fingerprint density at radius 1 is 0.950 bits per heavy atom. The summed E-state index contributed by atoms with van der Waals surface area (Å²) < 4.78 is 4.95. The molecule has 1 fully saturated rings. The van der Waals surface area contributed by atoms with Gasteiger partial charge < -0.3 is 25.2 Å². The van der Waals surface area contributed by atoms with E-state index in [1.165, 1.54) is 12.7 Å². The molecule has 2 amide bonds. The molecule has 8 nitrogen and oxygen atoms in total. The Balaban J connectivity index is 1.28. The molecule has 40 heavy (non-hydrogen) atoms. The minimum absolute atomic E-state index is 0.125. The fraction of sp³-hybridized carbons (Fsp3) is 0.323. The molecule has 2 N–H and O–H groups in total. The van der Waals surface area contributed by atoms with E-state index in [2.05, 4.69) is 21.6 Å². The van der Waals surface area contributed by atoms with Crippen molar-refractivity contribution in [1.82, 2.24) is 15.5 Å². The van der Waals surface area contributed by atoms with Crippen molar-refractivity contribution in [1.29, 1.82) is 0 Å². The molecule has 1 saturated heterocycles. The fourth-order valence-electron chi connectivity index (χ4n) is 5.39. The maximum Gasteiger partial charge on any atom is 0.339 e. The molecule has 9 heteroatoms. The third kappa shape index (κ3) is 6.29. The molecule has 0 aliphatic carbocycles. The van der Waals surface area contributed by atoms with Crippen molar-refractivity contribution in [2.75, 3.05) is 38.2 Å². The van der Waals surface area contributed by atoms with Gasteiger partial charge in [0, 0.05) is 44.2 Å². The third-order valence-corrected chi connectivity index (χ3v) is 7.86. The number of para-hydroxylation sites is 1. The molecular weight excluding hydrogens is 528 g/mol. The van der Waals surface area contributed by atoms with Gasteiger partial charge in [0.1, 0.15) is 6.04 Å². The predicted octanol–water partition coefficient (Wildman–Crippen LogP) is 3.22. The zero-order chi connectivity index (χ0) is 28.1. The number of amides is 2. The maximum atomic E-state index is 13.8. The number of piperazine rings is 1. The number of hydrogen-bond donors (Lipinski definition) is 2. The standard InChI is InChI=1S/C31H33ClN4O4/c1-40-31(39)25-8-4-5-9-28(25)35-14-16-36(17-15-35)30(38)27(18-21-10-12-24(32)13-11-21)34-29(37)26-19-22-6-2-3-7-23(22)20-33-26/h2-13,26-27,33H,14-20H2,1H3,(H,34,37). The number of benzene rings is 3. The third-order valence-electron chi connectivity index (χ3n) is 7.61. The van der Waals surface area contributed by atoms with E-state index < -0.39 is 18.1 Å². The predicted molar refractivity (Wildman–Crippen MR) is 154 cm³/mol. The monoisotopic (exact) mass is 560 g/mol. The quantitative estimate of drug-likeness (QED) is 0.431. The fourth-order valence-corrected chi connectivity index (χ4v) is 5.51. The van der Waals surface area contributed by atoms with E-state index in [0.717, 1.165) is 16.8 Å². The Morgan fingerprint density at radius 3 is 2.35 bits per heavy atom. The summed E-state index contributed by atoms with van der Waals surface area (Å²) in [6.07, 6.45) is 0.929. The Hall–Kier alpha value is -3.88. The Morgan fingerprint density at radius 2 is 1.62 bits per heavy atom. The van der Waals surface area contributed by atoms with E-state index in [1.54, 1.807) is 29.2 Å². The number of hydrogen-bond acceptors (Lipinski definition) is 6. The number of ether oxygens (including phenoxy) is 1. The van der Waals surface area contributed by atoms with Crippen LogP contribution in [0.2, 0.25) is 5.02 Å². The molecule has 2 aliphatic rings. The van der Waals surface area contributed by atoms with Gasteiger partial charge in [0.15, 0.2) is 0 Å². The molecule has 0 bridgehead atoms. The van der Waals surface area contributed by atoms with Crippen LogP contribution >= 0.6 is 11.6 Å².